The second-order valence-corrected chi connectivity index (χ2v) is 9.59. The van der Waals surface area contributed by atoms with Gasteiger partial charge in [-0.05, 0) is 0 Å². The zero-order valence-electron chi connectivity index (χ0n) is 11.9. The number of carbonyl (C=O) groups excluding carboxylic acids is 1. The summed E-state index contributed by atoms with van der Waals surface area (Å²) >= 11 is 0.921. The summed E-state index contributed by atoms with van der Waals surface area (Å²) in [6, 6.07) is 0. The standard InChI is InChI=1S/C11H18NO2.BF3.K/c1-11(2,3)14-10(13)12-5-4-8-6-9(8)7-12;2-1(3)4;/h9H,4-7H2,1-3H3;;. The van der Waals surface area contributed by atoms with E-state index in [9.17, 15) is 17.7 Å². The largest absolute Gasteiger partial charge is 0.762 e. The number of nitrogens with zero attached hydrogens (tertiary/aromatic N) is 1. The van der Waals surface area contributed by atoms with Crippen molar-refractivity contribution in [2.24, 2.45) is 5.92 Å². The SMILES string of the molecule is CC(C)(C)OC(=O)N1CC[C]2([K])CC2C1.FB(F)F. The Morgan fingerprint density at radius 3 is 2.37 bits per heavy atom. The summed E-state index contributed by atoms with van der Waals surface area (Å²) in [7, 11) is -3.67. The third-order valence-electron chi connectivity index (χ3n) is 3.58. The molecule has 1 aliphatic heterocycles. The molecule has 1 saturated heterocycles. The van der Waals surface area contributed by atoms with E-state index in [1.807, 2.05) is 25.7 Å². The molecule has 0 N–H and O–H groups in total. The minimum atomic E-state index is -3.67. The number of amides is 1. The molecule has 0 radical (unpaired) electrons. The monoisotopic (exact) mass is 303 g/mol. The van der Waals surface area contributed by atoms with Gasteiger partial charge in [-0.25, -0.2) is 0 Å². The topological polar surface area (TPSA) is 29.5 Å². The van der Waals surface area contributed by atoms with Gasteiger partial charge in [-0.3, -0.25) is 12.9 Å². The molecule has 2 atom stereocenters. The van der Waals surface area contributed by atoms with Gasteiger partial charge in [-0.15, -0.1) is 0 Å². The first kappa shape index (κ1) is 17.8. The predicted octanol–water partition coefficient (Wildman–Crippen LogP) is 2.85. The summed E-state index contributed by atoms with van der Waals surface area (Å²) in [5.74, 6) is 0.804. The average molecular weight is 303 g/mol. The number of hydrogen-bond acceptors (Lipinski definition) is 2. The van der Waals surface area contributed by atoms with Crippen molar-refractivity contribution in [3.63, 3.8) is 0 Å². The first-order chi connectivity index (χ1) is 8.53. The molecular formula is C11H18BF3KNO2. The molecule has 1 amide bonds. The molecule has 1 aliphatic carbocycles. The Morgan fingerprint density at radius 2 is 1.95 bits per heavy atom. The Morgan fingerprint density at radius 1 is 1.42 bits per heavy atom. The summed E-state index contributed by atoms with van der Waals surface area (Å²) in [5.41, 5.74) is -0.362. The Labute approximate surface area is 146 Å². The Kier molecular flexibility index (Phi) is 6.26. The van der Waals surface area contributed by atoms with Gasteiger partial charge >= 0.3 is 135 Å². The first-order valence-electron chi connectivity index (χ1n) is 6.44. The van der Waals surface area contributed by atoms with E-state index in [2.05, 4.69) is 0 Å². The average Bonchev–Trinajstić information content (AvgIpc) is 2.84. The maximum Gasteiger partial charge on any atom is 0.762 e. The van der Waals surface area contributed by atoms with Gasteiger partial charge in [0.05, 0.1) is 0 Å². The minimum Gasteiger partial charge on any atom is -0.254 e. The molecule has 0 aromatic carbocycles. The van der Waals surface area contributed by atoms with Crippen LogP contribution in [-0.4, -0.2) is 86.2 Å². The van der Waals surface area contributed by atoms with Gasteiger partial charge in [0.15, 0.2) is 0 Å². The summed E-state index contributed by atoms with van der Waals surface area (Å²) in [6.45, 7) is 7.62. The van der Waals surface area contributed by atoms with Crippen LogP contribution >= 0.6 is 0 Å². The van der Waals surface area contributed by atoms with Crippen LogP contribution in [0.2, 0.25) is -0.490 Å². The van der Waals surface area contributed by atoms with Crippen LogP contribution in [0.25, 0.3) is 0 Å². The second-order valence-electron chi connectivity index (χ2n) is 6.48. The molecule has 0 aromatic rings. The fourth-order valence-electron chi connectivity index (χ4n) is 2.34. The van der Waals surface area contributed by atoms with E-state index in [1.165, 1.54) is 12.8 Å². The molecule has 2 unspecified atom stereocenters. The van der Waals surface area contributed by atoms with Crippen LogP contribution in [0.1, 0.15) is 33.6 Å². The van der Waals surface area contributed by atoms with Crippen molar-refractivity contribution in [3.05, 3.63) is 0 Å². The van der Waals surface area contributed by atoms with Crippen molar-refractivity contribution in [1.82, 2.24) is 4.90 Å². The smallest absolute Gasteiger partial charge is 0.254 e. The number of ether oxygens (including phenoxy) is 1. The van der Waals surface area contributed by atoms with Crippen LogP contribution in [-0.2, 0) is 4.74 Å². The molecule has 19 heavy (non-hydrogen) atoms. The van der Waals surface area contributed by atoms with E-state index in [4.69, 9.17) is 4.74 Å². The third-order valence-corrected chi connectivity index (χ3v) is 6.28. The van der Waals surface area contributed by atoms with Crippen LogP contribution in [0.15, 0.2) is 0 Å². The predicted molar refractivity (Wildman–Crippen MR) is 68.1 cm³/mol. The molecule has 2 fully saturated rings. The summed E-state index contributed by atoms with van der Waals surface area (Å²) in [4.78, 5) is 13.7. The van der Waals surface area contributed by atoms with Crippen LogP contribution in [0.3, 0.4) is 0 Å². The number of halogens is 3. The van der Waals surface area contributed by atoms with Crippen molar-refractivity contribution >= 4 is 62.6 Å². The number of piperidine rings is 1. The molecule has 3 nitrogen and oxygen atoms in total. The van der Waals surface area contributed by atoms with Crippen LogP contribution < -0.4 is 0 Å². The van der Waals surface area contributed by atoms with Gasteiger partial charge < -0.3 is 0 Å². The van der Waals surface area contributed by atoms with Crippen LogP contribution in [0, 0.1) is 5.92 Å². The van der Waals surface area contributed by atoms with E-state index in [0.29, 0.717) is 0 Å². The van der Waals surface area contributed by atoms with Gasteiger partial charge in [0.25, 0.3) is 0 Å². The normalized spacial score (nSPS) is 28.8. The van der Waals surface area contributed by atoms with Crippen molar-refractivity contribution < 1.29 is 22.5 Å². The Hall–Kier alpha value is 0.761. The first-order valence-corrected chi connectivity index (χ1v) is 8.00. The fourth-order valence-corrected chi connectivity index (χ4v) is 3.74. The maximum absolute atomic E-state index is 11.8. The van der Waals surface area contributed by atoms with Crippen molar-refractivity contribution in [1.29, 1.82) is 0 Å². The zero-order chi connectivity index (χ0) is 14.8. The van der Waals surface area contributed by atoms with Gasteiger partial charge in [0, 0.05) is 0 Å². The van der Waals surface area contributed by atoms with Crippen LogP contribution in [0.4, 0.5) is 17.7 Å². The van der Waals surface area contributed by atoms with Crippen LogP contribution in [0.5, 0.6) is 0 Å². The molecule has 0 aromatic heterocycles. The number of carbonyl (C=O) groups is 1. The molecule has 0 bridgehead atoms. The minimum absolute atomic E-state index is 0.121. The number of fused-ring (bicyclic) bond motifs is 1. The van der Waals surface area contributed by atoms with E-state index in [1.54, 1.807) is 0 Å². The van der Waals surface area contributed by atoms with E-state index in [0.717, 1.165) is 67.5 Å². The van der Waals surface area contributed by atoms with Gasteiger partial charge in [-0.1, -0.05) is 0 Å². The molecule has 0 spiro atoms. The summed E-state index contributed by atoms with van der Waals surface area (Å²) < 4.78 is 35.1. The van der Waals surface area contributed by atoms with Gasteiger partial charge in [-0.2, -0.15) is 0 Å². The van der Waals surface area contributed by atoms with Crippen molar-refractivity contribution in [3.8, 4) is 0 Å². The Bertz CT molecular complexity index is 338. The Balaban J connectivity index is 0.000000399. The number of likely N-dealkylation sites (tertiary alicyclic amines) is 1. The molecule has 104 valence electrons. The van der Waals surface area contributed by atoms with E-state index in [-0.39, 0.29) is 11.7 Å². The fraction of sp³-hybridized carbons (Fsp3) is 0.909. The number of hydrogen-bond donors (Lipinski definition) is 0. The molecule has 1 saturated carbocycles. The van der Waals surface area contributed by atoms with E-state index < -0.39 is 7.54 Å². The molecular weight excluding hydrogens is 285 g/mol. The molecule has 8 heteroatoms. The molecule has 1 heterocycles. The summed E-state index contributed by atoms with van der Waals surface area (Å²) in [6.07, 6.45) is 2.47. The summed E-state index contributed by atoms with van der Waals surface area (Å²) in [5, 5.41) is 0. The maximum atomic E-state index is 11.8. The van der Waals surface area contributed by atoms with Gasteiger partial charge in [0.1, 0.15) is 0 Å². The molecule has 2 rings (SSSR count). The van der Waals surface area contributed by atoms with Crippen molar-refractivity contribution in [2.75, 3.05) is 13.1 Å². The zero-order valence-corrected chi connectivity index (χ0v) is 15.0. The quantitative estimate of drug-likeness (QED) is 0.644. The van der Waals surface area contributed by atoms with Crippen molar-refractivity contribution in [2.45, 2.75) is 38.7 Å². The molecule has 2 aliphatic rings. The van der Waals surface area contributed by atoms with Gasteiger partial charge in [0.2, 0.25) is 0 Å². The second kappa shape index (κ2) is 6.68. The van der Waals surface area contributed by atoms with E-state index >= 15 is 0 Å². The third kappa shape index (κ3) is 6.37. The number of rotatable bonds is 0.